The Hall–Kier alpha value is -2.49. The van der Waals surface area contributed by atoms with Crippen molar-refractivity contribution in [1.82, 2.24) is 5.32 Å². The fourth-order valence-corrected chi connectivity index (χ4v) is 2.38. The van der Waals surface area contributed by atoms with E-state index in [1.54, 1.807) is 0 Å². The lowest BCUT2D eigenvalue weighted by Crippen LogP contribution is -2.33. The summed E-state index contributed by atoms with van der Waals surface area (Å²) in [6, 6.07) is 15.3. The van der Waals surface area contributed by atoms with E-state index < -0.39 is 0 Å². The Balaban J connectivity index is 1.57. The van der Waals surface area contributed by atoms with Crippen molar-refractivity contribution < 1.29 is 14.3 Å². The number of ether oxygens (including phenoxy) is 2. The van der Waals surface area contributed by atoms with Crippen LogP contribution in [0.5, 0.6) is 11.5 Å². The van der Waals surface area contributed by atoms with Crippen LogP contribution in [0.15, 0.2) is 48.5 Å². The van der Waals surface area contributed by atoms with Gasteiger partial charge in [-0.05, 0) is 24.6 Å². The molecule has 4 heteroatoms. The van der Waals surface area contributed by atoms with Crippen molar-refractivity contribution >= 4 is 5.91 Å². The van der Waals surface area contributed by atoms with Crippen LogP contribution in [0.4, 0.5) is 0 Å². The van der Waals surface area contributed by atoms with Gasteiger partial charge in [-0.25, -0.2) is 0 Å². The molecule has 1 heterocycles. The number of rotatable bonds is 4. The summed E-state index contributed by atoms with van der Waals surface area (Å²) in [4.78, 5) is 12.0. The zero-order valence-corrected chi connectivity index (χ0v) is 11.8. The fourth-order valence-electron chi connectivity index (χ4n) is 2.38. The third-order valence-electron chi connectivity index (χ3n) is 3.49. The Bertz CT molecular complexity index is 654. The fraction of sp³-hybridized carbons (Fsp3) is 0.235. The first-order chi connectivity index (χ1) is 10.2. The highest BCUT2D eigenvalue weighted by molar-refractivity contribution is 5.78. The van der Waals surface area contributed by atoms with E-state index in [-0.39, 0.29) is 18.6 Å². The first-order valence-corrected chi connectivity index (χ1v) is 6.93. The number of carbonyl (C=O) groups excluding carboxylic acids is 1. The van der Waals surface area contributed by atoms with Crippen LogP contribution in [0, 0.1) is 6.92 Å². The van der Waals surface area contributed by atoms with Crippen LogP contribution in [0.25, 0.3) is 0 Å². The highest BCUT2D eigenvalue weighted by Crippen LogP contribution is 2.31. The van der Waals surface area contributed by atoms with Crippen LogP contribution < -0.4 is 14.8 Å². The summed E-state index contributed by atoms with van der Waals surface area (Å²) in [5.74, 6) is 1.42. The smallest absolute Gasteiger partial charge is 0.258 e. The van der Waals surface area contributed by atoms with Crippen molar-refractivity contribution in [2.45, 2.75) is 13.0 Å². The minimum Gasteiger partial charge on any atom is -0.491 e. The number of carbonyl (C=O) groups is 1. The molecule has 1 unspecified atom stereocenters. The predicted octanol–water partition coefficient (Wildman–Crippen LogP) is 2.62. The maximum Gasteiger partial charge on any atom is 0.258 e. The van der Waals surface area contributed by atoms with Crippen molar-refractivity contribution in [2.24, 2.45) is 0 Å². The minimum absolute atomic E-state index is 0.00349. The second kappa shape index (κ2) is 5.87. The lowest BCUT2D eigenvalue weighted by Gasteiger charge is -2.13. The van der Waals surface area contributed by atoms with Crippen molar-refractivity contribution in [1.29, 1.82) is 0 Å². The molecule has 1 atom stereocenters. The second-order valence-corrected chi connectivity index (χ2v) is 5.02. The van der Waals surface area contributed by atoms with E-state index in [0.29, 0.717) is 6.61 Å². The van der Waals surface area contributed by atoms with Gasteiger partial charge in [0.25, 0.3) is 5.91 Å². The zero-order chi connectivity index (χ0) is 14.7. The SMILES string of the molecule is Cc1ccccc1OCC(=O)NC1COc2ccccc21. The zero-order valence-electron chi connectivity index (χ0n) is 11.8. The van der Waals surface area contributed by atoms with Gasteiger partial charge in [0.2, 0.25) is 0 Å². The lowest BCUT2D eigenvalue weighted by atomic mass is 10.1. The summed E-state index contributed by atoms with van der Waals surface area (Å²) in [7, 11) is 0. The normalized spacial score (nSPS) is 16.0. The van der Waals surface area contributed by atoms with Gasteiger partial charge in [-0.15, -0.1) is 0 Å². The number of hydrogen-bond donors (Lipinski definition) is 1. The first kappa shape index (κ1) is 13.5. The quantitative estimate of drug-likeness (QED) is 0.938. The van der Waals surface area contributed by atoms with Crippen LogP contribution in [0.1, 0.15) is 17.2 Å². The van der Waals surface area contributed by atoms with E-state index in [9.17, 15) is 4.79 Å². The summed E-state index contributed by atoms with van der Waals surface area (Å²) >= 11 is 0. The van der Waals surface area contributed by atoms with Gasteiger partial charge >= 0.3 is 0 Å². The van der Waals surface area contributed by atoms with Crippen LogP contribution in [0.2, 0.25) is 0 Å². The largest absolute Gasteiger partial charge is 0.491 e. The molecule has 0 saturated carbocycles. The lowest BCUT2D eigenvalue weighted by molar-refractivity contribution is -0.123. The number of benzene rings is 2. The second-order valence-electron chi connectivity index (χ2n) is 5.02. The van der Waals surface area contributed by atoms with E-state index in [1.807, 2.05) is 55.5 Å². The number of para-hydroxylation sites is 2. The summed E-state index contributed by atoms with van der Waals surface area (Å²) < 4.78 is 11.1. The molecule has 4 nitrogen and oxygen atoms in total. The van der Waals surface area contributed by atoms with Gasteiger partial charge in [-0.1, -0.05) is 36.4 Å². The van der Waals surface area contributed by atoms with Gasteiger partial charge in [0.1, 0.15) is 18.1 Å². The maximum atomic E-state index is 12.0. The molecule has 0 bridgehead atoms. The number of nitrogens with one attached hydrogen (secondary N) is 1. The van der Waals surface area contributed by atoms with Crippen LogP contribution in [0.3, 0.4) is 0 Å². The number of aryl methyl sites for hydroxylation is 1. The summed E-state index contributed by atoms with van der Waals surface area (Å²) in [6.07, 6.45) is 0. The molecule has 2 aromatic rings. The van der Waals surface area contributed by atoms with Gasteiger partial charge in [0.05, 0.1) is 6.04 Å². The monoisotopic (exact) mass is 283 g/mol. The van der Waals surface area contributed by atoms with Crippen LogP contribution >= 0.6 is 0 Å². The molecule has 21 heavy (non-hydrogen) atoms. The van der Waals surface area contributed by atoms with Gasteiger partial charge in [0.15, 0.2) is 6.61 Å². The van der Waals surface area contributed by atoms with Crippen molar-refractivity contribution in [3.63, 3.8) is 0 Å². The molecule has 1 aliphatic heterocycles. The highest BCUT2D eigenvalue weighted by Gasteiger charge is 2.25. The highest BCUT2D eigenvalue weighted by atomic mass is 16.5. The molecule has 0 aromatic heterocycles. The maximum absolute atomic E-state index is 12.0. The molecule has 1 N–H and O–H groups in total. The van der Waals surface area contributed by atoms with Crippen LogP contribution in [-0.4, -0.2) is 19.1 Å². The molecule has 2 aromatic carbocycles. The van der Waals surface area contributed by atoms with Gasteiger partial charge in [-0.2, -0.15) is 0 Å². The van der Waals surface area contributed by atoms with E-state index in [4.69, 9.17) is 9.47 Å². The van der Waals surface area contributed by atoms with E-state index in [0.717, 1.165) is 22.6 Å². The minimum atomic E-state index is -0.149. The molecule has 108 valence electrons. The Labute approximate surface area is 123 Å². The van der Waals surface area contributed by atoms with E-state index in [1.165, 1.54) is 0 Å². The number of fused-ring (bicyclic) bond motifs is 1. The average molecular weight is 283 g/mol. The third-order valence-corrected chi connectivity index (χ3v) is 3.49. The van der Waals surface area contributed by atoms with Gasteiger partial charge < -0.3 is 14.8 Å². The summed E-state index contributed by atoms with van der Waals surface area (Å²) in [5, 5.41) is 2.94. The Morgan fingerprint density at radius 3 is 2.86 bits per heavy atom. The molecule has 0 spiro atoms. The first-order valence-electron chi connectivity index (χ1n) is 6.93. The molecule has 1 amide bonds. The molecule has 0 fully saturated rings. The Kier molecular flexibility index (Phi) is 3.77. The van der Waals surface area contributed by atoms with Crippen LogP contribution in [-0.2, 0) is 4.79 Å². The predicted molar refractivity (Wildman–Crippen MR) is 79.5 cm³/mol. The third kappa shape index (κ3) is 2.99. The molecular weight excluding hydrogens is 266 g/mol. The van der Waals surface area contributed by atoms with Crippen molar-refractivity contribution in [2.75, 3.05) is 13.2 Å². The molecule has 0 saturated heterocycles. The van der Waals surface area contributed by atoms with E-state index >= 15 is 0 Å². The van der Waals surface area contributed by atoms with Gasteiger partial charge in [-0.3, -0.25) is 4.79 Å². The summed E-state index contributed by atoms with van der Waals surface area (Å²) in [5.41, 5.74) is 2.03. The summed E-state index contributed by atoms with van der Waals surface area (Å²) in [6.45, 7) is 2.42. The van der Waals surface area contributed by atoms with Crippen molar-refractivity contribution in [3.8, 4) is 11.5 Å². The average Bonchev–Trinajstić information content (AvgIpc) is 2.90. The number of hydrogen-bond acceptors (Lipinski definition) is 3. The topological polar surface area (TPSA) is 47.6 Å². The van der Waals surface area contributed by atoms with E-state index in [2.05, 4.69) is 5.32 Å². The molecule has 1 aliphatic rings. The standard InChI is InChI=1S/C17H17NO3/c1-12-6-2-4-8-15(12)21-11-17(19)18-14-10-20-16-9-5-3-7-13(14)16/h2-9,14H,10-11H2,1H3,(H,18,19). The molecule has 3 rings (SSSR count). The molecule has 0 radical (unpaired) electrons. The molecular formula is C17H17NO3. The Morgan fingerprint density at radius 1 is 1.24 bits per heavy atom. The number of amides is 1. The van der Waals surface area contributed by atoms with Gasteiger partial charge in [0, 0.05) is 5.56 Å². The Morgan fingerprint density at radius 2 is 2.00 bits per heavy atom. The molecule has 0 aliphatic carbocycles. The van der Waals surface area contributed by atoms with Crippen molar-refractivity contribution in [3.05, 3.63) is 59.7 Å².